The Kier molecular flexibility index (Phi) is 5.01. The molecular formula is C18H19NO4. The first-order chi connectivity index (χ1) is 11.0. The molecule has 1 aliphatic rings. The summed E-state index contributed by atoms with van der Waals surface area (Å²) in [5.74, 6) is -1.21. The second kappa shape index (κ2) is 6.96. The molecule has 1 heterocycles. The molecule has 1 aromatic carbocycles. The Morgan fingerprint density at radius 2 is 1.70 bits per heavy atom. The maximum absolute atomic E-state index is 12.3. The van der Waals surface area contributed by atoms with Gasteiger partial charge in [-0.1, -0.05) is 18.2 Å². The van der Waals surface area contributed by atoms with Crippen molar-refractivity contribution in [2.24, 2.45) is 0 Å². The summed E-state index contributed by atoms with van der Waals surface area (Å²) in [6, 6.07) is 5.90. The summed E-state index contributed by atoms with van der Waals surface area (Å²) in [6.45, 7) is 3.90. The first kappa shape index (κ1) is 16.5. The lowest BCUT2D eigenvalue weighted by Crippen LogP contribution is -2.27. The van der Waals surface area contributed by atoms with Crippen molar-refractivity contribution in [2.45, 2.75) is 13.8 Å². The number of benzene rings is 1. The maximum atomic E-state index is 12.3. The Hall–Kier alpha value is -2.82. The minimum atomic E-state index is -0.609. The molecule has 0 atom stereocenters. The van der Waals surface area contributed by atoms with Gasteiger partial charge in [-0.15, -0.1) is 0 Å². The van der Waals surface area contributed by atoms with E-state index in [-0.39, 0.29) is 11.3 Å². The minimum Gasteiger partial charge on any atom is -0.465 e. The Bertz CT molecular complexity index is 729. The molecule has 5 heteroatoms. The van der Waals surface area contributed by atoms with E-state index in [0.29, 0.717) is 0 Å². The van der Waals surface area contributed by atoms with Gasteiger partial charge >= 0.3 is 11.9 Å². The van der Waals surface area contributed by atoms with Gasteiger partial charge in [-0.05, 0) is 43.2 Å². The molecule has 1 aliphatic heterocycles. The smallest absolute Gasteiger partial charge is 0.355 e. The minimum absolute atomic E-state index is 0.123. The molecule has 0 aromatic heterocycles. The molecule has 120 valence electrons. The summed E-state index contributed by atoms with van der Waals surface area (Å²) in [6.07, 6.45) is 6.70. The average Bonchev–Trinajstić information content (AvgIpc) is 2.78. The number of carbonyl (C=O) groups is 2. The topological polar surface area (TPSA) is 55.8 Å². The van der Waals surface area contributed by atoms with Crippen molar-refractivity contribution in [1.82, 2.24) is 0 Å². The number of allylic oxidation sites excluding steroid dienone is 2. The van der Waals surface area contributed by atoms with Gasteiger partial charge in [0, 0.05) is 11.9 Å². The lowest BCUT2D eigenvalue weighted by molar-refractivity contribution is -0.139. The molecule has 0 saturated heterocycles. The number of esters is 2. The molecule has 1 aromatic rings. The van der Waals surface area contributed by atoms with E-state index in [1.165, 1.54) is 14.2 Å². The van der Waals surface area contributed by atoms with E-state index in [1.54, 1.807) is 29.3 Å². The van der Waals surface area contributed by atoms with Crippen molar-refractivity contribution in [3.05, 3.63) is 65.0 Å². The van der Waals surface area contributed by atoms with Crippen LogP contribution in [0.3, 0.4) is 0 Å². The van der Waals surface area contributed by atoms with Crippen LogP contribution in [0, 0.1) is 13.8 Å². The Labute approximate surface area is 135 Å². The van der Waals surface area contributed by atoms with Crippen molar-refractivity contribution in [3.8, 4) is 0 Å². The largest absolute Gasteiger partial charge is 0.465 e. The van der Waals surface area contributed by atoms with Gasteiger partial charge in [0.05, 0.1) is 19.8 Å². The van der Waals surface area contributed by atoms with E-state index in [2.05, 4.69) is 0 Å². The summed E-state index contributed by atoms with van der Waals surface area (Å²) in [4.78, 5) is 26.1. The fraction of sp³-hybridized carbons (Fsp3) is 0.222. The number of hydrogen-bond acceptors (Lipinski definition) is 5. The second-order valence-corrected chi connectivity index (χ2v) is 5.11. The van der Waals surface area contributed by atoms with Crippen LogP contribution in [0.15, 0.2) is 53.9 Å². The maximum Gasteiger partial charge on any atom is 0.355 e. The lowest BCUT2D eigenvalue weighted by Gasteiger charge is -2.25. The Balaban J connectivity index is 2.71. The SMILES string of the molecule is COC(=O)C1=C(C(=O)OC)N(c2cc(C)ccc2C)C=CC=C1. The highest BCUT2D eigenvalue weighted by molar-refractivity contribution is 6.05. The third-order valence-corrected chi connectivity index (χ3v) is 3.51. The summed E-state index contributed by atoms with van der Waals surface area (Å²) < 4.78 is 9.68. The lowest BCUT2D eigenvalue weighted by atomic mass is 10.1. The Morgan fingerprint density at radius 1 is 1.00 bits per heavy atom. The van der Waals surface area contributed by atoms with Crippen LogP contribution >= 0.6 is 0 Å². The van der Waals surface area contributed by atoms with Crippen LogP contribution in [-0.4, -0.2) is 26.2 Å². The van der Waals surface area contributed by atoms with E-state index in [0.717, 1.165) is 16.8 Å². The average molecular weight is 313 g/mol. The fourth-order valence-corrected chi connectivity index (χ4v) is 2.33. The van der Waals surface area contributed by atoms with Crippen LogP contribution in [0.25, 0.3) is 0 Å². The van der Waals surface area contributed by atoms with Crippen LogP contribution in [-0.2, 0) is 19.1 Å². The van der Waals surface area contributed by atoms with Crippen molar-refractivity contribution in [1.29, 1.82) is 0 Å². The molecule has 0 spiro atoms. The van der Waals surface area contributed by atoms with Crippen molar-refractivity contribution in [2.75, 3.05) is 19.1 Å². The summed E-state index contributed by atoms with van der Waals surface area (Å²) in [5.41, 5.74) is 3.07. The quantitative estimate of drug-likeness (QED) is 0.803. The predicted molar refractivity (Wildman–Crippen MR) is 87.7 cm³/mol. The molecule has 0 bridgehead atoms. The summed E-state index contributed by atoms with van der Waals surface area (Å²) in [5, 5.41) is 0. The number of hydrogen-bond donors (Lipinski definition) is 0. The van der Waals surface area contributed by atoms with Gasteiger partial charge in [0.15, 0.2) is 0 Å². The number of nitrogens with zero attached hydrogens (tertiary/aromatic N) is 1. The van der Waals surface area contributed by atoms with Gasteiger partial charge in [-0.25, -0.2) is 9.59 Å². The first-order valence-electron chi connectivity index (χ1n) is 7.12. The summed E-state index contributed by atoms with van der Waals surface area (Å²) in [7, 11) is 2.56. The molecule has 2 rings (SSSR count). The van der Waals surface area contributed by atoms with E-state index in [9.17, 15) is 9.59 Å². The van der Waals surface area contributed by atoms with E-state index < -0.39 is 11.9 Å². The highest BCUT2D eigenvalue weighted by Gasteiger charge is 2.28. The van der Waals surface area contributed by atoms with Crippen molar-refractivity contribution >= 4 is 17.6 Å². The molecular weight excluding hydrogens is 294 g/mol. The van der Waals surface area contributed by atoms with Gasteiger partial charge in [-0.3, -0.25) is 0 Å². The number of aryl methyl sites for hydroxylation is 2. The van der Waals surface area contributed by atoms with Gasteiger partial charge < -0.3 is 14.4 Å². The number of anilines is 1. The van der Waals surface area contributed by atoms with E-state index >= 15 is 0 Å². The van der Waals surface area contributed by atoms with Gasteiger partial charge in [0.25, 0.3) is 0 Å². The number of ether oxygens (including phenoxy) is 2. The van der Waals surface area contributed by atoms with Crippen LogP contribution < -0.4 is 4.90 Å². The first-order valence-corrected chi connectivity index (χ1v) is 7.12. The zero-order valence-electron chi connectivity index (χ0n) is 13.6. The van der Waals surface area contributed by atoms with E-state index in [4.69, 9.17) is 9.47 Å². The van der Waals surface area contributed by atoms with Crippen LogP contribution in [0.5, 0.6) is 0 Å². The molecule has 23 heavy (non-hydrogen) atoms. The molecule has 0 N–H and O–H groups in total. The second-order valence-electron chi connectivity index (χ2n) is 5.11. The van der Waals surface area contributed by atoms with Gasteiger partial charge in [-0.2, -0.15) is 0 Å². The molecule has 0 unspecified atom stereocenters. The normalized spacial score (nSPS) is 13.8. The number of methoxy groups -OCH3 is 2. The predicted octanol–water partition coefficient (Wildman–Crippen LogP) is 2.79. The van der Waals surface area contributed by atoms with Crippen LogP contribution in [0.2, 0.25) is 0 Å². The molecule has 5 nitrogen and oxygen atoms in total. The fourth-order valence-electron chi connectivity index (χ4n) is 2.33. The monoisotopic (exact) mass is 313 g/mol. The molecule has 0 aliphatic carbocycles. The zero-order valence-corrected chi connectivity index (χ0v) is 13.6. The highest BCUT2D eigenvalue weighted by atomic mass is 16.5. The number of carbonyl (C=O) groups excluding carboxylic acids is 2. The van der Waals surface area contributed by atoms with Gasteiger partial charge in [0.2, 0.25) is 0 Å². The molecule has 0 amide bonds. The van der Waals surface area contributed by atoms with E-state index in [1.807, 2.05) is 32.0 Å². The van der Waals surface area contributed by atoms with Crippen LogP contribution in [0.1, 0.15) is 11.1 Å². The molecule has 0 saturated carbocycles. The van der Waals surface area contributed by atoms with Crippen LogP contribution in [0.4, 0.5) is 5.69 Å². The standard InChI is InChI=1S/C18H19NO4/c1-12-8-9-13(2)15(11-12)19-10-6-5-7-14(17(20)22-3)16(19)18(21)23-4/h5-11H,1-4H3. The van der Waals surface area contributed by atoms with Crippen molar-refractivity contribution in [3.63, 3.8) is 0 Å². The number of rotatable bonds is 3. The zero-order chi connectivity index (χ0) is 17.0. The molecule has 0 fully saturated rings. The third-order valence-electron chi connectivity index (χ3n) is 3.51. The Morgan fingerprint density at radius 3 is 2.35 bits per heavy atom. The van der Waals surface area contributed by atoms with Crippen molar-refractivity contribution < 1.29 is 19.1 Å². The third kappa shape index (κ3) is 3.34. The van der Waals surface area contributed by atoms with Gasteiger partial charge in [0.1, 0.15) is 5.70 Å². The summed E-state index contributed by atoms with van der Waals surface area (Å²) >= 11 is 0. The molecule has 0 radical (unpaired) electrons. The highest BCUT2D eigenvalue weighted by Crippen LogP contribution is 2.29.